The fraction of sp³-hybridized carbons (Fsp3) is 0.591. The smallest absolute Gasteiger partial charge is 0.264 e. The summed E-state index contributed by atoms with van der Waals surface area (Å²) in [5.41, 5.74) is 2.70. The van der Waals surface area contributed by atoms with E-state index in [1.165, 1.54) is 17.2 Å². The summed E-state index contributed by atoms with van der Waals surface area (Å²) in [4.78, 5) is 35.7. The number of benzene rings is 2. The van der Waals surface area contributed by atoms with Crippen LogP contribution in [-0.2, 0) is 31.4 Å². The third-order valence-corrected chi connectivity index (χ3v) is 16.5. The third kappa shape index (κ3) is 7.77. The van der Waals surface area contributed by atoms with Crippen molar-refractivity contribution in [1.82, 2.24) is 19.4 Å². The summed E-state index contributed by atoms with van der Waals surface area (Å²) >= 11 is 6.52. The highest BCUT2D eigenvalue weighted by Gasteiger charge is 2.50. The van der Waals surface area contributed by atoms with Gasteiger partial charge in [0.1, 0.15) is 11.4 Å². The van der Waals surface area contributed by atoms with E-state index in [0.29, 0.717) is 38.4 Å². The van der Waals surface area contributed by atoms with E-state index in [1.54, 1.807) is 13.0 Å². The first-order chi connectivity index (χ1) is 27.3. The molecule has 57 heavy (non-hydrogen) atoms. The van der Waals surface area contributed by atoms with E-state index in [2.05, 4.69) is 50.3 Å². The number of carbonyl (C=O) groups excluding carboxylic acids is 2. The van der Waals surface area contributed by atoms with Gasteiger partial charge in [-0.3, -0.25) is 19.4 Å². The third-order valence-electron chi connectivity index (χ3n) is 14.3. The van der Waals surface area contributed by atoms with Gasteiger partial charge in [0.2, 0.25) is 15.9 Å². The Labute approximate surface area is 343 Å². The number of rotatable bonds is 4. The molecule has 1 spiro atoms. The van der Waals surface area contributed by atoms with E-state index in [4.69, 9.17) is 21.1 Å². The van der Waals surface area contributed by atoms with Gasteiger partial charge in [-0.05, 0) is 111 Å². The molecule has 7 atom stereocenters. The van der Waals surface area contributed by atoms with Crippen LogP contribution >= 0.6 is 11.6 Å². The fourth-order valence-corrected chi connectivity index (χ4v) is 12.1. The first-order valence-corrected chi connectivity index (χ1v) is 22.7. The van der Waals surface area contributed by atoms with Crippen LogP contribution in [0.25, 0.3) is 0 Å². The Kier molecular flexibility index (Phi) is 11.3. The number of halogens is 1. The van der Waals surface area contributed by atoms with Gasteiger partial charge in [-0.1, -0.05) is 43.3 Å². The molecule has 2 aromatic rings. The number of allylic oxidation sites excluding steroid dienone is 1. The number of amides is 2. The summed E-state index contributed by atoms with van der Waals surface area (Å²) in [6.07, 6.45) is 11.2. The lowest BCUT2D eigenvalue weighted by atomic mass is 9.63. The van der Waals surface area contributed by atoms with Crippen LogP contribution in [0.15, 0.2) is 61.2 Å². The summed E-state index contributed by atoms with van der Waals surface area (Å²) < 4.78 is 43.2. The van der Waals surface area contributed by atoms with Crippen molar-refractivity contribution >= 4 is 39.1 Å². The predicted octanol–water partition coefficient (Wildman–Crippen LogP) is 5.28. The molecule has 1 unspecified atom stereocenters. The molecule has 13 heteroatoms. The maximum Gasteiger partial charge on any atom is 0.264 e. The molecule has 1 saturated carbocycles. The van der Waals surface area contributed by atoms with Crippen LogP contribution in [0.4, 0.5) is 5.69 Å². The number of carbonyl (C=O) groups is 2. The molecule has 2 bridgehead atoms. The second-order valence-electron chi connectivity index (χ2n) is 17.6. The molecule has 2 saturated heterocycles. The maximum atomic E-state index is 13.7. The lowest BCUT2D eigenvalue weighted by Gasteiger charge is -2.53. The Hall–Kier alpha value is -3.42. The van der Waals surface area contributed by atoms with Gasteiger partial charge in [0.25, 0.3) is 5.91 Å². The predicted molar refractivity (Wildman–Crippen MR) is 224 cm³/mol. The zero-order valence-electron chi connectivity index (χ0n) is 33.6. The molecular weight excluding hydrogens is 762 g/mol. The van der Waals surface area contributed by atoms with Crippen LogP contribution in [0.1, 0.15) is 67.4 Å². The van der Waals surface area contributed by atoms with Crippen LogP contribution in [0.3, 0.4) is 0 Å². The zero-order valence-corrected chi connectivity index (χ0v) is 35.2. The van der Waals surface area contributed by atoms with Crippen molar-refractivity contribution < 1.29 is 27.5 Å². The lowest BCUT2D eigenvalue weighted by molar-refractivity contribution is -0.131. The fourth-order valence-electron chi connectivity index (χ4n) is 10.6. The summed E-state index contributed by atoms with van der Waals surface area (Å²) in [6, 6.07) is 11.8. The molecule has 0 aromatic heterocycles. The number of hydrogen-bond acceptors (Lipinski definition) is 9. The van der Waals surface area contributed by atoms with Gasteiger partial charge in [-0.2, -0.15) is 0 Å². The van der Waals surface area contributed by atoms with Gasteiger partial charge in [0.15, 0.2) is 0 Å². The largest absolute Gasteiger partial charge is 0.490 e. The van der Waals surface area contributed by atoms with Crippen molar-refractivity contribution in [3.63, 3.8) is 0 Å². The van der Waals surface area contributed by atoms with E-state index in [9.17, 15) is 18.0 Å². The molecule has 308 valence electrons. The summed E-state index contributed by atoms with van der Waals surface area (Å²) in [7, 11) is -2.17. The van der Waals surface area contributed by atoms with E-state index in [1.807, 2.05) is 37.1 Å². The standard InChI is InChI=1S/C44H58ClN5O6S/c1-5-41(51)49-21-20-48-19-18-47(25-36(48)26-49)28-44(55-4)17-6-8-30(2)31(3)57(53,54)46-42(52)33-11-15-40-39(23-33)50(24-34-10-13-38(34)44)27-43(29-56-40)16-7-9-32-22-35(45)12-14-37(32)43/h5-6,11-12,14-15,17,22-23,30-31,34,36,38H,1,7-10,13,16,18-21,24-29H2,2-4H3,(H,46,52)/b17-6+/t30-,31+,34-,36?,38+,43-,44+/m0/s1. The van der Waals surface area contributed by atoms with Crippen LogP contribution < -0.4 is 14.4 Å². The minimum atomic E-state index is -3.99. The number of sulfonamides is 1. The number of hydrogen-bond donors (Lipinski definition) is 1. The van der Waals surface area contributed by atoms with Gasteiger partial charge in [0, 0.05) is 88.1 Å². The average Bonchev–Trinajstić information content (AvgIpc) is 3.34. The van der Waals surface area contributed by atoms with Gasteiger partial charge in [0.05, 0.1) is 17.5 Å². The topological polar surface area (TPSA) is 112 Å². The van der Waals surface area contributed by atoms with Crippen molar-refractivity contribution in [1.29, 1.82) is 0 Å². The zero-order chi connectivity index (χ0) is 40.1. The number of nitrogens with one attached hydrogen (secondary N) is 1. The number of ether oxygens (including phenoxy) is 2. The normalized spacial score (nSPS) is 33.7. The van der Waals surface area contributed by atoms with E-state index >= 15 is 0 Å². The van der Waals surface area contributed by atoms with Crippen molar-refractivity contribution in [3.05, 3.63) is 82.9 Å². The Bertz CT molecular complexity index is 2030. The van der Waals surface area contributed by atoms with Crippen molar-refractivity contribution in [2.45, 2.75) is 74.7 Å². The molecule has 4 aliphatic heterocycles. The number of methoxy groups -OCH3 is 1. The Morgan fingerprint density at radius 2 is 1.91 bits per heavy atom. The monoisotopic (exact) mass is 819 g/mol. The summed E-state index contributed by atoms with van der Waals surface area (Å²) in [5, 5.41) is -0.0786. The highest BCUT2D eigenvalue weighted by Crippen LogP contribution is 2.49. The summed E-state index contributed by atoms with van der Waals surface area (Å²) in [5.74, 6) is 0.261. The molecular formula is C44H58ClN5O6S. The molecule has 3 fully saturated rings. The molecule has 2 amide bonds. The second-order valence-corrected chi connectivity index (χ2v) is 20.1. The van der Waals surface area contributed by atoms with Gasteiger partial charge in [-0.15, -0.1) is 0 Å². The number of fused-ring (bicyclic) bond motifs is 5. The minimum absolute atomic E-state index is 0.0160. The molecule has 11 nitrogen and oxygen atoms in total. The van der Waals surface area contributed by atoms with Crippen molar-refractivity contribution in [2.24, 2.45) is 17.8 Å². The quantitative estimate of drug-likeness (QED) is 0.326. The minimum Gasteiger partial charge on any atom is -0.490 e. The first-order valence-electron chi connectivity index (χ1n) is 20.8. The molecule has 0 radical (unpaired) electrons. The van der Waals surface area contributed by atoms with Crippen LogP contribution in [0, 0.1) is 17.8 Å². The molecule has 1 N–H and O–H groups in total. The molecule has 2 aromatic carbocycles. The Balaban J connectivity index is 1.16. The van der Waals surface area contributed by atoms with Gasteiger partial charge >= 0.3 is 0 Å². The Morgan fingerprint density at radius 1 is 1.09 bits per heavy atom. The molecule has 6 aliphatic rings. The number of anilines is 1. The summed E-state index contributed by atoms with van der Waals surface area (Å²) in [6.45, 7) is 14.8. The van der Waals surface area contributed by atoms with E-state index < -0.39 is 26.8 Å². The van der Waals surface area contributed by atoms with Crippen LogP contribution in [0.5, 0.6) is 5.75 Å². The number of piperazine rings is 2. The number of aryl methyl sites for hydroxylation is 1. The highest BCUT2D eigenvalue weighted by molar-refractivity contribution is 7.90. The first kappa shape index (κ1) is 40.4. The highest BCUT2D eigenvalue weighted by atomic mass is 35.5. The second kappa shape index (κ2) is 16.0. The van der Waals surface area contributed by atoms with Gasteiger partial charge < -0.3 is 19.3 Å². The van der Waals surface area contributed by atoms with Crippen molar-refractivity contribution in [2.75, 3.05) is 77.5 Å². The Morgan fingerprint density at radius 3 is 2.68 bits per heavy atom. The maximum absolute atomic E-state index is 13.7. The van der Waals surface area contributed by atoms with E-state index in [0.717, 1.165) is 82.1 Å². The number of nitrogens with zero attached hydrogens (tertiary/aromatic N) is 4. The van der Waals surface area contributed by atoms with Crippen LogP contribution in [0.2, 0.25) is 5.02 Å². The van der Waals surface area contributed by atoms with Gasteiger partial charge in [-0.25, -0.2) is 13.1 Å². The van der Waals surface area contributed by atoms with Crippen LogP contribution in [-0.4, -0.2) is 124 Å². The average molecular weight is 820 g/mol. The molecule has 2 aliphatic carbocycles. The molecule has 4 heterocycles. The van der Waals surface area contributed by atoms with Crippen molar-refractivity contribution in [3.8, 4) is 5.75 Å². The SMILES string of the molecule is C=CC(=O)N1CCN2CCN(C[C@]3(OC)/C=C/C[C@H](C)[C@@H](C)S(=O)(=O)NC(=O)c4ccc5c(c4)N(C[C@@H]4CC[C@H]43)C[C@@]3(CCCc4cc(Cl)ccc43)CO5)CC2C1. The lowest BCUT2D eigenvalue weighted by Crippen LogP contribution is -2.65. The molecule has 8 rings (SSSR count). The van der Waals surface area contributed by atoms with E-state index in [-0.39, 0.29) is 40.7 Å².